The highest BCUT2D eigenvalue weighted by atomic mass is 127. The van der Waals surface area contributed by atoms with E-state index in [-0.39, 0.29) is 24.0 Å². The summed E-state index contributed by atoms with van der Waals surface area (Å²) < 4.78 is 5.28. The van der Waals surface area contributed by atoms with Crippen LogP contribution in [-0.4, -0.2) is 29.7 Å². The lowest BCUT2D eigenvalue weighted by Gasteiger charge is -2.10. The first kappa shape index (κ1) is 20.3. The standard InChI is InChI=1S/C19H25N5O.HI/c1-4-14-11-15(25-24-14)12-22-19(20-3)21-10-9-16-13(2)23-18-8-6-5-7-17(16)18;/h5-8,11,23H,4,9-10,12H2,1-3H3,(H2,20,21,22);1H. The van der Waals surface area contributed by atoms with Gasteiger partial charge in [-0.15, -0.1) is 24.0 Å². The lowest BCUT2D eigenvalue weighted by atomic mass is 10.1. The molecule has 0 atom stereocenters. The van der Waals surface area contributed by atoms with Crippen LogP contribution in [0.4, 0.5) is 0 Å². The number of benzene rings is 1. The molecule has 26 heavy (non-hydrogen) atoms. The van der Waals surface area contributed by atoms with Crippen molar-refractivity contribution in [3.8, 4) is 0 Å². The number of nitrogens with zero attached hydrogens (tertiary/aromatic N) is 2. The molecule has 0 radical (unpaired) electrons. The summed E-state index contributed by atoms with van der Waals surface area (Å²) in [5.41, 5.74) is 4.73. The van der Waals surface area contributed by atoms with Crippen molar-refractivity contribution in [2.24, 2.45) is 4.99 Å². The minimum Gasteiger partial charge on any atom is -0.359 e. The number of rotatable bonds is 6. The molecule has 0 spiro atoms. The molecule has 0 amide bonds. The zero-order valence-electron chi connectivity index (χ0n) is 15.4. The van der Waals surface area contributed by atoms with Gasteiger partial charge in [0.25, 0.3) is 0 Å². The number of nitrogens with one attached hydrogen (secondary N) is 3. The average molecular weight is 467 g/mol. The predicted octanol–water partition coefficient (Wildman–Crippen LogP) is 3.55. The third-order valence-corrected chi connectivity index (χ3v) is 4.32. The maximum atomic E-state index is 5.28. The highest BCUT2D eigenvalue weighted by Gasteiger charge is 2.08. The smallest absolute Gasteiger partial charge is 0.191 e. The molecule has 140 valence electrons. The van der Waals surface area contributed by atoms with Gasteiger partial charge in [0.1, 0.15) is 0 Å². The van der Waals surface area contributed by atoms with Crippen LogP contribution in [0.1, 0.15) is 29.6 Å². The van der Waals surface area contributed by atoms with Crippen LogP contribution in [0.2, 0.25) is 0 Å². The van der Waals surface area contributed by atoms with Gasteiger partial charge in [-0.25, -0.2) is 0 Å². The Bertz CT molecular complexity index is 868. The van der Waals surface area contributed by atoms with Crippen LogP contribution in [0, 0.1) is 6.92 Å². The fourth-order valence-corrected chi connectivity index (χ4v) is 2.96. The number of aliphatic imine (C=N–C) groups is 1. The second-order valence-electron chi connectivity index (χ2n) is 6.01. The van der Waals surface area contributed by atoms with E-state index in [4.69, 9.17) is 4.52 Å². The Labute approximate surface area is 170 Å². The second-order valence-corrected chi connectivity index (χ2v) is 6.01. The summed E-state index contributed by atoms with van der Waals surface area (Å²) in [7, 11) is 1.77. The van der Waals surface area contributed by atoms with Crippen LogP contribution in [0.15, 0.2) is 39.8 Å². The first-order chi connectivity index (χ1) is 12.2. The highest BCUT2D eigenvalue weighted by Crippen LogP contribution is 2.21. The summed E-state index contributed by atoms with van der Waals surface area (Å²) in [6, 6.07) is 10.4. The maximum Gasteiger partial charge on any atom is 0.191 e. The zero-order valence-corrected chi connectivity index (χ0v) is 17.8. The predicted molar refractivity (Wildman–Crippen MR) is 116 cm³/mol. The van der Waals surface area contributed by atoms with E-state index in [2.05, 4.69) is 63.9 Å². The van der Waals surface area contributed by atoms with Gasteiger partial charge < -0.3 is 20.1 Å². The molecule has 6 nitrogen and oxygen atoms in total. The van der Waals surface area contributed by atoms with Gasteiger partial charge in [0, 0.05) is 36.3 Å². The topological polar surface area (TPSA) is 78.2 Å². The Morgan fingerprint density at radius 3 is 2.81 bits per heavy atom. The monoisotopic (exact) mass is 467 g/mol. The number of aryl methyl sites for hydroxylation is 2. The van der Waals surface area contributed by atoms with Gasteiger partial charge in [-0.3, -0.25) is 4.99 Å². The molecule has 2 heterocycles. The van der Waals surface area contributed by atoms with Gasteiger partial charge in [-0.1, -0.05) is 30.3 Å². The van der Waals surface area contributed by atoms with Crippen LogP contribution < -0.4 is 10.6 Å². The third kappa shape index (κ3) is 4.78. The van der Waals surface area contributed by atoms with Crippen molar-refractivity contribution in [2.75, 3.05) is 13.6 Å². The normalized spacial score (nSPS) is 11.4. The van der Waals surface area contributed by atoms with Crippen molar-refractivity contribution in [1.82, 2.24) is 20.8 Å². The van der Waals surface area contributed by atoms with Crippen LogP contribution >= 0.6 is 24.0 Å². The molecule has 0 unspecified atom stereocenters. The number of hydrogen-bond acceptors (Lipinski definition) is 3. The van der Waals surface area contributed by atoms with E-state index >= 15 is 0 Å². The molecule has 0 saturated heterocycles. The molecular weight excluding hydrogens is 441 g/mol. The first-order valence-electron chi connectivity index (χ1n) is 8.66. The van der Waals surface area contributed by atoms with Crippen LogP contribution in [0.5, 0.6) is 0 Å². The van der Waals surface area contributed by atoms with Gasteiger partial charge in [-0.2, -0.15) is 0 Å². The molecule has 3 rings (SSSR count). The summed E-state index contributed by atoms with van der Waals surface area (Å²) >= 11 is 0. The second kappa shape index (κ2) is 9.61. The number of aromatic nitrogens is 2. The van der Waals surface area contributed by atoms with Crippen molar-refractivity contribution in [1.29, 1.82) is 0 Å². The molecule has 1 aromatic carbocycles. The Hall–Kier alpha value is -2.03. The van der Waals surface area contributed by atoms with E-state index in [1.54, 1.807) is 7.05 Å². The van der Waals surface area contributed by atoms with Crippen LogP contribution in [0.3, 0.4) is 0 Å². The molecule has 2 aromatic heterocycles. The number of H-pyrrole nitrogens is 1. The molecule has 0 aliphatic carbocycles. The van der Waals surface area contributed by atoms with Crippen molar-refractivity contribution in [3.05, 3.63) is 53.0 Å². The Balaban J connectivity index is 0.00000243. The van der Waals surface area contributed by atoms with Crippen molar-refractivity contribution in [2.45, 2.75) is 33.2 Å². The largest absolute Gasteiger partial charge is 0.359 e. The third-order valence-electron chi connectivity index (χ3n) is 4.32. The molecule has 7 heteroatoms. The molecular formula is C19H26IN5O. The number of guanidine groups is 1. The first-order valence-corrected chi connectivity index (χ1v) is 8.66. The SMILES string of the molecule is CCc1cc(CNC(=NC)NCCc2c(C)[nH]c3ccccc23)on1.I. The summed E-state index contributed by atoms with van der Waals surface area (Å²) in [4.78, 5) is 7.70. The summed E-state index contributed by atoms with van der Waals surface area (Å²) in [5, 5.41) is 11.9. The van der Waals surface area contributed by atoms with Gasteiger partial charge in [0.15, 0.2) is 11.7 Å². The Kier molecular flexibility index (Phi) is 7.50. The maximum absolute atomic E-state index is 5.28. The molecule has 3 N–H and O–H groups in total. The average Bonchev–Trinajstić information content (AvgIpc) is 3.22. The van der Waals surface area contributed by atoms with Crippen LogP contribution in [-0.2, 0) is 19.4 Å². The molecule has 0 aliphatic heterocycles. The summed E-state index contributed by atoms with van der Waals surface area (Å²) in [6.45, 7) is 5.55. The molecule has 0 saturated carbocycles. The lowest BCUT2D eigenvalue weighted by Crippen LogP contribution is -2.37. The number of aromatic amines is 1. The minimum atomic E-state index is 0. The van der Waals surface area contributed by atoms with Crippen molar-refractivity contribution < 1.29 is 4.52 Å². The lowest BCUT2D eigenvalue weighted by molar-refractivity contribution is 0.374. The van der Waals surface area contributed by atoms with E-state index in [0.717, 1.165) is 36.8 Å². The highest BCUT2D eigenvalue weighted by molar-refractivity contribution is 14.0. The molecule has 0 bridgehead atoms. The number of para-hydroxylation sites is 1. The number of fused-ring (bicyclic) bond motifs is 1. The van der Waals surface area contributed by atoms with Gasteiger partial charge in [-0.05, 0) is 31.4 Å². The number of hydrogen-bond donors (Lipinski definition) is 3. The van der Waals surface area contributed by atoms with Gasteiger partial charge in [0.05, 0.1) is 12.2 Å². The quantitative estimate of drug-likeness (QED) is 0.295. The van der Waals surface area contributed by atoms with Gasteiger partial charge in [0.2, 0.25) is 0 Å². The molecule has 0 fully saturated rings. The van der Waals surface area contributed by atoms with Crippen molar-refractivity contribution >= 4 is 40.8 Å². The van der Waals surface area contributed by atoms with Gasteiger partial charge >= 0.3 is 0 Å². The van der Waals surface area contributed by atoms with E-state index < -0.39 is 0 Å². The van der Waals surface area contributed by atoms with E-state index in [1.165, 1.54) is 22.2 Å². The minimum absolute atomic E-state index is 0. The van der Waals surface area contributed by atoms with E-state index in [1.807, 2.05) is 6.07 Å². The Morgan fingerprint density at radius 2 is 2.08 bits per heavy atom. The molecule has 3 aromatic rings. The Morgan fingerprint density at radius 1 is 1.27 bits per heavy atom. The summed E-state index contributed by atoms with van der Waals surface area (Å²) in [6.07, 6.45) is 1.80. The molecule has 0 aliphatic rings. The van der Waals surface area contributed by atoms with Crippen molar-refractivity contribution in [3.63, 3.8) is 0 Å². The summed E-state index contributed by atoms with van der Waals surface area (Å²) in [5.74, 6) is 1.57. The van der Waals surface area contributed by atoms with E-state index in [9.17, 15) is 0 Å². The number of halogens is 1. The van der Waals surface area contributed by atoms with E-state index in [0.29, 0.717) is 6.54 Å². The fraction of sp³-hybridized carbons (Fsp3) is 0.368. The van der Waals surface area contributed by atoms with Crippen LogP contribution in [0.25, 0.3) is 10.9 Å². The fourth-order valence-electron chi connectivity index (χ4n) is 2.96. The zero-order chi connectivity index (χ0) is 17.6.